The summed E-state index contributed by atoms with van der Waals surface area (Å²) in [5.74, 6) is 4.37. The van der Waals surface area contributed by atoms with Gasteiger partial charge in [0.15, 0.2) is 34.5 Å². The fourth-order valence-electron chi connectivity index (χ4n) is 7.59. The van der Waals surface area contributed by atoms with Gasteiger partial charge in [0.2, 0.25) is 0 Å². The molecule has 0 aliphatic carbocycles. The average molecular weight is 877 g/mol. The van der Waals surface area contributed by atoms with E-state index in [1.807, 2.05) is 0 Å². The van der Waals surface area contributed by atoms with E-state index in [4.69, 9.17) is 42.6 Å². The summed E-state index contributed by atoms with van der Waals surface area (Å²) in [4.78, 5) is 0. The van der Waals surface area contributed by atoms with Gasteiger partial charge < -0.3 is 42.6 Å². The maximum absolute atomic E-state index is 6.58. The van der Waals surface area contributed by atoms with Gasteiger partial charge in [0.05, 0.1) is 66.1 Å². The maximum Gasteiger partial charge on any atom is 0.161 e. The van der Waals surface area contributed by atoms with Crippen LogP contribution >= 0.6 is 0 Å². The van der Waals surface area contributed by atoms with Gasteiger partial charge in [-0.1, -0.05) is 143 Å². The summed E-state index contributed by atoms with van der Waals surface area (Å²) in [6.45, 7) is 15.2. The zero-order valence-corrected chi connectivity index (χ0v) is 39.9. The van der Waals surface area contributed by atoms with E-state index in [1.165, 1.54) is 89.9 Å². The van der Waals surface area contributed by atoms with Gasteiger partial charge in [0.1, 0.15) is 13.2 Å². The molecule has 9 heteroatoms. The van der Waals surface area contributed by atoms with Gasteiger partial charge >= 0.3 is 0 Å². The molecule has 0 amide bonds. The average Bonchev–Trinajstić information content (AvgIpc) is 3.31. The van der Waals surface area contributed by atoms with Crippen molar-refractivity contribution >= 4 is 0 Å². The van der Waals surface area contributed by atoms with Crippen molar-refractivity contribution in [2.45, 2.75) is 156 Å². The van der Waals surface area contributed by atoms with Gasteiger partial charge in [-0.25, -0.2) is 0 Å². The minimum Gasteiger partial charge on any atom is -0.490 e. The lowest BCUT2D eigenvalue weighted by Crippen LogP contribution is -2.13. The number of benzene rings is 3. The molecule has 3 aromatic rings. The molecule has 0 atom stereocenters. The fourth-order valence-corrected chi connectivity index (χ4v) is 7.59. The van der Waals surface area contributed by atoms with E-state index in [1.54, 1.807) is 0 Å². The number of hydrogen-bond acceptors (Lipinski definition) is 9. The lowest BCUT2D eigenvalue weighted by molar-refractivity contribution is 0.00708. The highest BCUT2D eigenvalue weighted by molar-refractivity contribution is 5.87. The fraction of sp³-hybridized carbons (Fsp3) is 0.667. The Kier molecular flexibility index (Phi) is 27.9. The minimum absolute atomic E-state index is 0.365. The molecule has 1 aliphatic rings. The Morgan fingerprint density at radius 3 is 0.968 bits per heavy atom. The molecule has 0 spiro atoms. The van der Waals surface area contributed by atoms with Crippen molar-refractivity contribution in [3.8, 4) is 56.8 Å². The molecule has 354 valence electrons. The van der Waals surface area contributed by atoms with Gasteiger partial charge in [-0.3, -0.25) is 0 Å². The molecule has 0 aromatic heterocycles. The van der Waals surface area contributed by atoms with Crippen molar-refractivity contribution in [1.82, 2.24) is 0 Å². The highest BCUT2D eigenvalue weighted by Gasteiger charge is 2.20. The van der Waals surface area contributed by atoms with Crippen LogP contribution in [-0.4, -0.2) is 79.3 Å². The van der Waals surface area contributed by atoms with Crippen molar-refractivity contribution in [3.63, 3.8) is 0 Å². The number of rotatable bonds is 30. The third kappa shape index (κ3) is 20.8. The molecule has 0 saturated heterocycles. The second-order valence-electron chi connectivity index (χ2n) is 16.8. The monoisotopic (exact) mass is 877 g/mol. The third-order valence-electron chi connectivity index (χ3n) is 11.3. The molecule has 1 heterocycles. The SMILES string of the molecule is CCCCCCCOc1ccc(-c2cc3c(cc2-c2ccc(OCCCCCCC)c(OCCCCCCC)c2)OCCOCCOCCOCCO3)cc1OCCCCCCC. The molecule has 63 heavy (non-hydrogen) atoms. The predicted molar refractivity (Wildman–Crippen MR) is 258 cm³/mol. The van der Waals surface area contributed by atoms with Crippen molar-refractivity contribution in [2.24, 2.45) is 0 Å². The molecule has 0 bridgehead atoms. The van der Waals surface area contributed by atoms with Crippen molar-refractivity contribution in [1.29, 1.82) is 0 Å². The Balaban J connectivity index is 1.76. The Morgan fingerprint density at radius 2 is 0.635 bits per heavy atom. The summed E-state index contributed by atoms with van der Waals surface area (Å²) in [5, 5.41) is 0. The zero-order chi connectivity index (χ0) is 44.4. The van der Waals surface area contributed by atoms with E-state index >= 15 is 0 Å². The third-order valence-corrected chi connectivity index (χ3v) is 11.3. The first-order valence-corrected chi connectivity index (χ1v) is 25.1. The highest BCUT2D eigenvalue weighted by atomic mass is 16.6. The van der Waals surface area contributed by atoms with Gasteiger partial charge in [-0.05, 0) is 84.3 Å². The summed E-state index contributed by atoms with van der Waals surface area (Å²) in [7, 11) is 0. The normalized spacial score (nSPS) is 13.8. The molecule has 0 radical (unpaired) electrons. The van der Waals surface area contributed by atoms with Crippen molar-refractivity contribution in [3.05, 3.63) is 48.5 Å². The van der Waals surface area contributed by atoms with Crippen LogP contribution in [0.2, 0.25) is 0 Å². The van der Waals surface area contributed by atoms with Crippen LogP contribution in [-0.2, 0) is 14.2 Å². The first kappa shape index (κ1) is 52.0. The minimum atomic E-state index is 0.365. The number of hydrogen-bond donors (Lipinski definition) is 0. The van der Waals surface area contributed by atoms with Crippen LogP contribution < -0.4 is 28.4 Å². The van der Waals surface area contributed by atoms with Crippen molar-refractivity contribution in [2.75, 3.05) is 79.3 Å². The Hall–Kier alpha value is -3.66. The second kappa shape index (κ2) is 33.8. The number of ether oxygens (including phenoxy) is 9. The molecule has 4 rings (SSSR count). The predicted octanol–water partition coefficient (Wildman–Crippen LogP) is 14.2. The van der Waals surface area contributed by atoms with Crippen LogP contribution in [0.25, 0.3) is 22.3 Å². The molecule has 0 unspecified atom stereocenters. The van der Waals surface area contributed by atoms with E-state index in [9.17, 15) is 0 Å². The van der Waals surface area contributed by atoms with Crippen LogP contribution in [0.4, 0.5) is 0 Å². The van der Waals surface area contributed by atoms with E-state index in [0.29, 0.717) is 90.8 Å². The summed E-state index contributed by atoms with van der Waals surface area (Å²) >= 11 is 0. The highest BCUT2D eigenvalue weighted by Crippen LogP contribution is 2.45. The quantitative estimate of drug-likeness (QED) is 0.0608. The van der Waals surface area contributed by atoms with E-state index in [-0.39, 0.29) is 0 Å². The molecule has 9 nitrogen and oxygen atoms in total. The molecule has 1 aliphatic heterocycles. The summed E-state index contributed by atoms with van der Waals surface area (Å²) < 4.78 is 56.3. The summed E-state index contributed by atoms with van der Waals surface area (Å²) in [6.07, 6.45) is 23.5. The Labute approximate surface area is 382 Å². The van der Waals surface area contributed by atoms with E-state index in [0.717, 1.165) is 83.8 Å². The molecular formula is C54H84O9. The number of fused-ring (bicyclic) bond motifs is 1. The molecule has 0 N–H and O–H groups in total. The molecule has 0 fully saturated rings. The lowest BCUT2D eigenvalue weighted by Gasteiger charge is -2.20. The van der Waals surface area contributed by atoms with Crippen LogP contribution in [0.3, 0.4) is 0 Å². The lowest BCUT2D eigenvalue weighted by atomic mass is 9.93. The standard InChI is InChI=1S/C54H84O9/c1-5-9-13-17-21-29-58-49-27-25-45(41-51(49)60-31-23-19-15-11-7-3)47-43-53-54(63-40-38-57-36-34-55-33-35-56-37-39-62-53)44-48(47)46-26-28-50(59-30-22-18-14-10-6-2)52(42-46)61-32-24-20-16-12-8-4/h25-28,41-44H,5-24,29-40H2,1-4H3. The van der Waals surface area contributed by atoms with Gasteiger partial charge in [-0.2, -0.15) is 0 Å². The van der Waals surface area contributed by atoms with Crippen LogP contribution in [0, 0.1) is 0 Å². The topological polar surface area (TPSA) is 83.1 Å². The van der Waals surface area contributed by atoms with Crippen LogP contribution in [0.15, 0.2) is 48.5 Å². The summed E-state index contributed by atoms with van der Waals surface area (Å²) in [6, 6.07) is 16.9. The molecule has 3 aromatic carbocycles. The number of unbranched alkanes of at least 4 members (excludes halogenated alkanes) is 16. The first-order valence-electron chi connectivity index (χ1n) is 25.1. The van der Waals surface area contributed by atoms with E-state index < -0.39 is 0 Å². The van der Waals surface area contributed by atoms with Crippen LogP contribution in [0.1, 0.15) is 156 Å². The van der Waals surface area contributed by atoms with Gasteiger partial charge in [0, 0.05) is 0 Å². The van der Waals surface area contributed by atoms with Crippen LogP contribution in [0.5, 0.6) is 34.5 Å². The molecular weight excluding hydrogens is 793 g/mol. The first-order chi connectivity index (χ1) is 31.2. The zero-order valence-electron chi connectivity index (χ0n) is 39.9. The molecule has 0 saturated carbocycles. The van der Waals surface area contributed by atoms with E-state index in [2.05, 4.69) is 76.2 Å². The summed E-state index contributed by atoms with van der Waals surface area (Å²) in [5.41, 5.74) is 3.95. The maximum atomic E-state index is 6.58. The largest absolute Gasteiger partial charge is 0.490 e. The van der Waals surface area contributed by atoms with Gasteiger partial charge in [-0.15, -0.1) is 0 Å². The van der Waals surface area contributed by atoms with Gasteiger partial charge in [0.25, 0.3) is 0 Å². The smallest absolute Gasteiger partial charge is 0.161 e. The Morgan fingerprint density at radius 1 is 0.333 bits per heavy atom. The Bertz CT molecular complexity index is 1490. The second-order valence-corrected chi connectivity index (χ2v) is 16.8. The van der Waals surface area contributed by atoms with Crippen molar-refractivity contribution < 1.29 is 42.6 Å².